The Labute approximate surface area is 314 Å². The van der Waals surface area contributed by atoms with Crippen LogP contribution in [0.4, 0.5) is 0 Å². The molecule has 10 heteroatoms. The van der Waals surface area contributed by atoms with Gasteiger partial charge in [-0.2, -0.15) is 0 Å². The Hall–Kier alpha value is -2.40. The van der Waals surface area contributed by atoms with E-state index in [2.05, 4.69) is 38.2 Å². The van der Waals surface area contributed by atoms with Crippen molar-refractivity contribution < 1.29 is 49.1 Å². The topological polar surface area (TPSA) is 168 Å². The highest BCUT2D eigenvalue weighted by atomic mass is 16.6. The van der Waals surface area contributed by atoms with Crippen LogP contribution < -0.4 is 0 Å². The first kappa shape index (κ1) is 49.6. The molecule has 0 aromatic heterocycles. The Morgan fingerprint density at radius 3 is 0.981 bits per heavy atom. The van der Waals surface area contributed by atoms with Crippen molar-refractivity contribution >= 4 is 23.9 Å². The molecular formula is C42H74O10. The maximum Gasteiger partial charge on any atom is 0.345 e. The van der Waals surface area contributed by atoms with E-state index in [1.165, 1.54) is 77.0 Å². The van der Waals surface area contributed by atoms with Crippen molar-refractivity contribution in [2.75, 3.05) is 13.2 Å². The van der Waals surface area contributed by atoms with Crippen molar-refractivity contribution in [1.29, 1.82) is 0 Å². The Morgan fingerprint density at radius 1 is 0.423 bits per heavy atom. The second-order valence-electron chi connectivity index (χ2n) is 14.1. The summed E-state index contributed by atoms with van der Waals surface area (Å²) in [5.41, 5.74) is 0. The Morgan fingerprint density at radius 2 is 0.692 bits per heavy atom. The van der Waals surface area contributed by atoms with Gasteiger partial charge < -0.3 is 29.9 Å². The van der Waals surface area contributed by atoms with Gasteiger partial charge in [0.1, 0.15) is 0 Å². The zero-order valence-electron chi connectivity index (χ0n) is 32.7. The van der Waals surface area contributed by atoms with Gasteiger partial charge in [0.2, 0.25) is 0 Å². The normalized spacial score (nSPS) is 14.0. The first-order chi connectivity index (χ1) is 25.2. The monoisotopic (exact) mass is 739 g/mol. The molecule has 0 amide bonds. The number of carbonyl (C=O) groups is 4. The summed E-state index contributed by atoms with van der Waals surface area (Å²) in [7, 11) is 0. The fourth-order valence-electron chi connectivity index (χ4n) is 6.12. The Kier molecular flexibility index (Phi) is 34.0. The molecule has 0 fully saturated rings. The van der Waals surface area contributed by atoms with Crippen LogP contribution in [-0.2, 0) is 28.7 Å². The van der Waals surface area contributed by atoms with E-state index in [0.29, 0.717) is 12.8 Å². The molecule has 4 N–H and O–H groups in total. The fraction of sp³-hybridized carbons (Fsp3) is 0.810. The van der Waals surface area contributed by atoms with Crippen molar-refractivity contribution in [1.82, 2.24) is 0 Å². The van der Waals surface area contributed by atoms with E-state index in [0.717, 1.165) is 64.2 Å². The van der Waals surface area contributed by atoms with Gasteiger partial charge >= 0.3 is 23.9 Å². The number of unbranched alkanes of at least 4 members (excludes halogenated alkanes) is 20. The molecule has 0 saturated heterocycles. The molecule has 302 valence electrons. The molecule has 52 heavy (non-hydrogen) atoms. The van der Waals surface area contributed by atoms with Gasteiger partial charge in [0.25, 0.3) is 0 Å². The molecule has 0 aliphatic heterocycles. The molecule has 0 bridgehead atoms. The van der Waals surface area contributed by atoms with Gasteiger partial charge in [-0.05, 0) is 64.2 Å². The highest BCUT2D eigenvalue weighted by molar-refractivity contribution is 5.94. The fourth-order valence-corrected chi connectivity index (χ4v) is 6.12. The third-order valence-electron chi connectivity index (χ3n) is 9.44. The number of rotatable bonds is 35. The summed E-state index contributed by atoms with van der Waals surface area (Å²) < 4.78 is 9.75. The summed E-state index contributed by atoms with van der Waals surface area (Å²) in [6.07, 6.45) is 31.1. The number of ether oxygens (including phenoxy) is 2. The largest absolute Gasteiger partial charge is 0.393 e. The summed E-state index contributed by atoms with van der Waals surface area (Å²) in [4.78, 5) is 50.9. The molecule has 0 aromatic rings. The molecule has 4 unspecified atom stereocenters. The predicted octanol–water partition coefficient (Wildman–Crippen LogP) is 8.36. The summed E-state index contributed by atoms with van der Waals surface area (Å²) in [5, 5.41) is 37.7. The molecule has 0 radical (unpaired) electrons. The molecule has 10 nitrogen and oxygen atoms in total. The van der Waals surface area contributed by atoms with Crippen molar-refractivity contribution in [3.8, 4) is 0 Å². The summed E-state index contributed by atoms with van der Waals surface area (Å²) >= 11 is 0. The second-order valence-corrected chi connectivity index (χ2v) is 14.1. The number of hydrogen-bond acceptors (Lipinski definition) is 10. The first-order valence-corrected chi connectivity index (χ1v) is 20.6. The highest BCUT2D eigenvalue weighted by Gasteiger charge is 2.38. The average Bonchev–Trinajstić information content (AvgIpc) is 3.14. The van der Waals surface area contributed by atoms with Gasteiger partial charge in [0, 0.05) is 0 Å². The van der Waals surface area contributed by atoms with Crippen LogP contribution in [0, 0.1) is 11.8 Å². The number of allylic oxidation sites excluding steroid dienone is 4. The first-order valence-electron chi connectivity index (χ1n) is 20.6. The second kappa shape index (κ2) is 35.6. The van der Waals surface area contributed by atoms with Crippen LogP contribution in [0.5, 0.6) is 0 Å². The van der Waals surface area contributed by atoms with E-state index < -0.39 is 61.1 Å². The number of carbonyl (C=O) groups excluding carboxylic acids is 4. The molecule has 0 rings (SSSR count). The lowest BCUT2D eigenvalue weighted by Gasteiger charge is -2.24. The third-order valence-corrected chi connectivity index (χ3v) is 9.44. The van der Waals surface area contributed by atoms with Gasteiger partial charge in [-0.3, -0.25) is 9.59 Å². The SMILES string of the molecule is CCCCCCCC/C=C\CCCCCCC(C(=O)OC(=O)C(O)CO)C(CCCCCC/C=C\CCCCCCCC)C(=O)OC(=O)C(O)CO. The maximum absolute atomic E-state index is 13.3. The number of hydrogen-bond donors (Lipinski definition) is 4. The molecule has 0 spiro atoms. The Bertz CT molecular complexity index is 886. The van der Waals surface area contributed by atoms with Crippen LogP contribution in [-0.4, -0.2) is 69.7 Å². The molecule has 0 aromatic carbocycles. The molecule has 0 saturated carbocycles. The zero-order chi connectivity index (χ0) is 38.7. The van der Waals surface area contributed by atoms with Gasteiger partial charge in [0.05, 0.1) is 25.0 Å². The molecule has 4 atom stereocenters. The smallest absolute Gasteiger partial charge is 0.345 e. The van der Waals surface area contributed by atoms with Crippen LogP contribution in [0.3, 0.4) is 0 Å². The third kappa shape index (κ3) is 27.2. The van der Waals surface area contributed by atoms with Crippen LogP contribution in [0.2, 0.25) is 0 Å². The molecule has 0 aliphatic carbocycles. The highest BCUT2D eigenvalue weighted by Crippen LogP contribution is 2.29. The molecule has 0 aliphatic rings. The van der Waals surface area contributed by atoms with E-state index in [-0.39, 0.29) is 12.8 Å². The van der Waals surface area contributed by atoms with Gasteiger partial charge in [-0.25, -0.2) is 9.59 Å². The van der Waals surface area contributed by atoms with Crippen LogP contribution >= 0.6 is 0 Å². The molecular weight excluding hydrogens is 664 g/mol. The predicted molar refractivity (Wildman–Crippen MR) is 205 cm³/mol. The summed E-state index contributed by atoms with van der Waals surface area (Å²) in [5.74, 6) is -7.03. The number of esters is 4. The van der Waals surface area contributed by atoms with Crippen LogP contribution in [0.15, 0.2) is 24.3 Å². The number of aliphatic hydroxyl groups is 4. The van der Waals surface area contributed by atoms with E-state index in [4.69, 9.17) is 19.7 Å². The van der Waals surface area contributed by atoms with Crippen molar-refractivity contribution in [2.24, 2.45) is 11.8 Å². The van der Waals surface area contributed by atoms with Crippen molar-refractivity contribution in [3.05, 3.63) is 24.3 Å². The lowest BCUT2D eigenvalue weighted by Crippen LogP contribution is -2.38. The van der Waals surface area contributed by atoms with Crippen LogP contribution in [0.25, 0.3) is 0 Å². The van der Waals surface area contributed by atoms with Crippen molar-refractivity contribution in [2.45, 2.75) is 193 Å². The lowest BCUT2D eigenvalue weighted by molar-refractivity contribution is -0.178. The zero-order valence-corrected chi connectivity index (χ0v) is 32.7. The minimum atomic E-state index is -1.91. The van der Waals surface area contributed by atoms with E-state index in [1.54, 1.807) is 0 Å². The summed E-state index contributed by atoms with van der Waals surface area (Å²) in [6.45, 7) is 2.57. The average molecular weight is 739 g/mol. The maximum atomic E-state index is 13.3. The van der Waals surface area contributed by atoms with E-state index >= 15 is 0 Å². The van der Waals surface area contributed by atoms with Gasteiger partial charge in [-0.1, -0.05) is 141 Å². The van der Waals surface area contributed by atoms with E-state index in [9.17, 15) is 29.4 Å². The van der Waals surface area contributed by atoms with Crippen LogP contribution in [0.1, 0.15) is 181 Å². The minimum absolute atomic E-state index is 0.176. The van der Waals surface area contributed by atoms with Gasteiger partial charge in [0.15, 0.2) is 12.2 Å². The van der Waals surface area contributed by atoms with Gasteiger partial charge in [-0.15, -0.1) is 0 Å². The van der Waals surface area contributed by atoms with Crippen molar-refractivity contribution in [3.63, 3.8) is 0 Å². The van der Waals surface area contributed by atoms with E-state index in [1.807, 2.05) is 0 Å². The number of aliphatic hydroxyl groups excluding tert-OH is 4. The standard InChI is InChI=1S/C42H74O10/c1-3-5-7-9-11-13-15-17-19-21-23-25-27-29-31-35(39(47)51-41(49)37(45)33-43)36(40(48)52-42(50)38(46)34-44)32-30-28-26-24-22-20-18-16-14-12-10-8-6-4-2/h17-20,35-38,43-46H,3-16,21-34H2,1-2H3/b19-17-,20-18-. The Balaban J connectivity index is 5.18. The minimum Gasteiger partial charge on any atom is -0.393 e. The quantitative estimate of drug-likeness (QED) is 0.0215. The lowest BCUT2D eigenvalue weighted by atomic mass is 9.83. The summed E-state index contributed by atoms with van der Waals surface area (Å²) in [6, 6.07) is 0. The molecule has 0 heterocycles.